The summed E-state index contributed by atoms with van der Waals surface area (Å²) in [6.45, 7) is 0. The van der Waals surface area contributed by atoms with E-state index >= 15 is 0 Å². The van der Waals surface area contributed by atoms with Crippen molar-refractivity contribution in [3.05, 3.63) is 29.3 Å². The smallest absolute Gasteiger partial charge is 0.277 e. The van der Waals surface area contributed by atoms with Crippen molar-refractivity contribution < 1.29 is 9.21 Å². The summed E-state index contributed by atoms with van der Waals surface area (Å²) in [6, 6.07) is 9.40. The second-order valence-electron chi connectivity index (χ2n) is 5.59. The number of nitrogens with zero attached hydrogens (tertiary/aromatic N) is 3. The average molecular weight is 363 g/mol. The van der Waals surface area contributed by atoms with Gasteiger partial charge in [-0.25, -0.2) is 0 Å². The molecule has 1 aromatic heterocycles. The minimum atomic E-state index is -0.713. The highest BCUT2D eigenvalue weighted by molar-refractivity contribution is 7.99. The zero-order valence-corrected chi connectivity index (χ0v) is 14.4. The van der Waals surface area contributed by atoms with E-state index in [-0.39, 0.29) is 16.9 Å². The van der Waals surface area contributed by atoms with Gasteiger partial charge < -0.3 is 9.73 Å². The number of nitrogens with one attached hydrogen (secondary N) is 1. The Kier molecular flexibility index (Phi) is 5.07. The SMILES string of the molecule is N#CC1(NC(=O)CSc2nnc(-c3ccccc3Cl)o2)CCCC1. The average Bonchev–Trinajstić information content (AvgIpc) is 3.23. The Labute approximate surface area is 148 Å². The van der Waals surface area contributed by atoms with Gasteiger partial charge in [-0.2, -0.15) is 5.26 Å². The lowest BCUT2D eigenvalue weighted by atomic mass is 10.0. The number of amides is 1. The highest BCUT2D eigenvalue weighted by atomic mass is 35.5. The summed E-state index contributed by atoms with van der Waals surface area (Å²) in [5, 5.41) is 20.8. The van der Waals surface area contributed by atoms with Crippen LogP contribution in [0.2, 0.25) is 5.02 Å². The summed E-state index contributed by atoms with van der Waals surface area (Å²) < 4.78 is 5.53. The van der Waals surface area contributed by atoms with Crippen LogP contribution in [0, 0.1) is 11.3 Å². The third kappa shape index (κ3) is 3.71. The Hall–Kier alpha value is -2.04. The molecule has 1 aliphatic carbocycles. The fraction of sp³-hybridized carbons (Fsp3) is 0.375. The molecule has 1 N–H and O–H groups in total. The van der Waals surface area contributed by atoms with Crippen LogP contribution < -0.4 is 5.32 Å². The topological polar surface area (TPSA) is 91.8 Å². The normalized spacial score (nSPS) is 15.8. The van der Waals surface area contributed by atoms with E-state index in [1.165, 1.54) is 0 Å². The van der Waals surface area contributed by atoms with Crippen LogP contribution in [0.15, 0.2) is 33.9 Å². The second kappa shape index (κ2) is 7.24. The molecule has 3 rings (SSSR count). The van der Waals surface area contributed by atoms with Crippen molar-refractivity contribution in [1.29, 1.82) is 5.26 Å². The Balaban J connectivity index is 1.59. The molecule has 0 bridgehead atoms. The third-order valence-electron chi connectivity index (χ3n) is 3.89. The molecule has 6 nitrogen and oxygen atoms in total. The minimum Gasteiger partial charge on any atom is -0.411 e. The first-order valence-electron chi connectivity index (χ1n) is 7.55. The van der Waals surface area contributed by atoms with Crippen molar-refractivity contribution in [3.8, 4) is 17.5 Å². The fourth-order valence-corrected chi connectivity index (χ4v) is 3.46. The van der Waals surface area contributed by atoms with Crippen LogP contribution in [-0.2, 0) is 4.79 Å². The van der Waals surface area contributed by atoms with Gasteiger partial charge in [-0.05, 0) is 37.8 Å². The molecular weight excluding hydrogens is 348 g/mol. The maximum Gasteiger partial charge on any atom is 0.277 e. The van der Waals surface area contributed by atoms with Crippen molar-refractivity contribution in [3.63, 3.8) is 0 Å². The van der Waals surface area contributed by atoms with Gasteiger partial charge in [-0.3, -0.25) is 4.79 Å². The van der Waals surface area contributed by atoms with Gasteiger partial charge in [0.05, 0.1) is 22.4 Å². The quantitative estimate of drug-likeness (QED) is 0.819. The molecule has 1 saturated carbocycles. The molecule has 0 saturated heterocycles. The third-order valence-corrected chi connectivity index (χ3v) is 5.04. The van der Waals surface area contributed by atoms with E-state index in [0.717, 1.165) is 24.6 Å². The number of halogens is 1. The lowest BCUT2D eigenvalue weighted by molar-refractivity contribution is -0.119. The summed E-state index contributed by atoms with van der Waals surface area (Å²) >= 11 is 7.23. The van der Waals surface area contributed by atoms with E-state index in [0.29, 0.717) is 29.3 Å². The summed E-state index contributed by atoms with van der Waals surface area (Å²) in [4.78, 5) is 12.1. The Morgan fingerprint density at radius 2 is 2.12 bits per heavy atom. The molecule has 1 aromatic carbocycles. The van der Waals surface area contributed by atoms with Crippen LogP contribution >= 0.6 is 23.4 Å². The molecule has 0 atom stereocenters. The van der Waals surface area contributed by atoms with Crippen LogP contribution in [0.5, 0.6) is 0 Å². The van der Waals surface area contributed by atoms with Gasteiger partial charge >= 0.3 is 0 Å². The number of carbonyl (C=O) groups excluding carboxylic acids is 1. The predicted molar refractivity (Wildman–Crippen MR) is 90.4 cm³/mol. The van der Waals surface area contributed by atoms with Gasteiger partial charge in [-0.1, -0.05) is 35.5 Å². The van der Waals surface area contributed by atoms with E-state index < -0.39 is 5.54 Å². The first-order chi connectivity index (χ1) is 11.6. The zero-order chi connectivity index (χ0) is 17.0. The lowest BCUT2D eigenvalue weighted by Gasteiger charge is -2.21. The first kappa shape index (κ1) is 16.8. The molecule has 1 aliphatic rings. The number of nitriles is 1. The van der Waals surface area contributed by atoms with Crippen molar-refractivity contribution in [1.82, 2.24) is 15.5 Å². The number of hydrogen-bond acceptors (Lipinski definition) is 6. The van der Waals surface area contributed by atoms with E-state index in [1.807, 2.05) is 12.1 Å². The minimum absolute atomic E-state index is 0.119. The van der Waals surface area contributed by atoms with E-state index in [4.69, 9.17) is 16.0 Å². The highest BCUT2D eigenvalue weighted by Gasteiger charge is 2.35. The molecule has 124 valence electrons. The maximum atomic E-state index is 12.1. The summed E-state index contributed by atoms with van der Waals surface area (Å²) in [5.74, 6) is 0.224. The molecule has 1 amide bonds. The second-order valence-corrected chi connectivity index (χ2v) is 6.92. The van der Waals surface area contributed by atoms with Crippen LogP contribution in [0.4, 0.5) is 0 Å². The zero-order valence-electron chi connectivity index (χ0n) is 12.8. The maximum absolute atomic E-state index is 12.1. The molecule has 1 fully saturated rings. The summed E-state index contributed by atoms with van der Waals surface area (Å²) in [7, 11) is 0. The standard InChI is InChI=1S/C16H15ClN4O2S/c17-12-6-2-1-5-11(12)14-20-21-15(23-14)24-9-13(22)19-16(10-18)7-3-4-8-16/h1-2,5-6H,3-4,7-9H2,(H,19,22). The Morgan fingerprint density at radius 3 is 2.83 bits per heavy atom. The molecule has 0 unspecified atom stereocenters. The number of hydrogen-bond donors (Lipinski definition) is 1. The van der Waals surface area contributed by atoms with Gasteiger partial charge in [0.25, 0.3) is 5.22 Å². The van der Waals surface area contributed by atoms with Gasteiger partial charge in [0.1, 0.15) is 5.54 Å². The van der Waals surface area contributed by atoms with Crippen LogP contribution in [0.3, 0.4) is 0 Å². The number of benzene rings is 1. The van der Waals surface area contributed by atoms with Crippen LogP contribution in [0.25, 0.3) is 11.5 Å². The van der Waals surface area contributed by atoms with E-state index in [9.17, 15) is 10.1 Å². The largest absolute Gasteiger partial charge is 0.411 e. The first-order valence-corrected chi connectivity index (χ1v) is 8.92. The monoisotopic (exact) mass is 362 g/mol. The van der Waals surface area contributed by atoms with Gasteiger partial charge in [0, 0.05) is 0 Å². The van der Waals surface area contributed by atoms with E-state index in [1.54, 1.807) is 12.1 Å². The van der Waals surface area contributed by atoms with Crippen molar-refractivity contribution in [2.75, 3.05) is 5.75 Å². The molecule has 2 aromatic rings. The number of rotatable bonds is 5. The highest BCUT2D eigenvalue weighted by Crippen LogP contribution is 2.30. The number of aromatic nitrogens is 2. The number of carbonyl (C=O) groups is 1. The molecule has 0 aliphatic heterocycles. The fourth-order valence-electron chi connectivity index (χ4n) is 2.69. The Bertz CT molecular complexity index is 780. The van der Waals surface area contributed by atoms with E-state index in [2.05, 4.69) is 21.6 Å². The van der Waals surface area contributed by atoms with Crippen molar-refractivity contribution >= 4 is 29.3 Å². The van der Waals surface area contributed by atoms with Crippen LogP contribution in [0.1, 0.15) is 25.7 Å². The molecule has 24 heavy (non-hydrogen) atoms. The van der Waals surface area contributed by atoms with Crippen molar-refractivity contribution in [2.24, 2.45) is 0 Å². The molecule has 8 heteroatoms. The molecule has 1 heterocycles. The predicted octanol–water partition coefficient (Wildman–Crippen LogP) is 3.43. The number of thioether (sulfide) groups is 1. The van der Waals surface area contributed by atoms with Gasteiger partial charge in [0.2, 0.25) is 11.8 Å². The lowest BCUT2D eigenvalue weighted by Crippen LogP contribution is -2.45. The van der Waals surface area contributed by atoms with Crippen molar-refractivity contribution in [2.45, 2.75) is 36.4 Å². The van der Waals surface area contributed by atoms with Gasteiger partial charge in [-0.15, -0.1) is 10.2 Å². The summed E-state index contributed by atoms with van der Waals surface area (Å²) in [6.07, 6.45) is 3.34. The molecular formula is C16H15ClN4O2S. The Morgan fingerprint density at radius 1 is 1.38 bits per heavy atom. The van der Waals surface area contributed by atoms with Gasteiger partial charge in [0.15, 0.2) is 0 Å². The molecule has 0 radical (unpaired) electrons. The molecule has 0 spiro atoms. The summed E-state index contributed by atoms with van der Waals surface area (Å²) in [5.41, 5.74) is -0.0628. The van der Waals surface area contributed by atoms with Crippen LogP contribution in [-0.4, -0.2) is 27.4 Å².